The molecule has 206 valence electrons. The van der Waals surface area contributed by atoms with Crippen molar-refractivity contribution in [3.8, 4) is 0 Å². The first-order valence-corrected chi connectivity index (χ1v) is 20.5. The molecule has 4 aromatic carbocycles. The maximum absolute atomic E-state index is 2.40. The van der Waals surface area contributed by atoms with Gasteiger partial charge in [0.15, 0.2) is 0 Å². The molecule has 0 nitrogen and oxygen atoms in total. The third kappa shape index (κ3) is 12.9. The van der Waals surface area contributed by atoms with Crippen molar-refractivity contribution in [1.29, 1.82) is 0 Å². The molecular formula is C32H40AuClP4. The monoisotopic (exact) mass is 780 g/mol. The van der Waals surface area contributed by atoms with Gasteiger partial charge in [-0.05, 0) is 72.5 Å². The molecule has 4 unspecified atom stereocenters. The molecule has 0 saturated heterocycles. The van der Waals surface area contributed by atoms with Gasteiger partial charge in [-0.2, -0.15) is 0 Å². The Kier molecular flexibility index (Phi) is 19.2. The second kappa shape index (κ2) is 20.5. The Hall–Kier alpha value is -0.370. The van der Waals surface area contributed by atoms with Gasteiger partial charge in [0, 0.05) is 0 Å². The van der Waals surface area contributed by atoms with Crippen LogP contribution in [0.3, 0.4) is 0 Å². The zero-order valence-corrected chi connectivity index (χ0v) is 29.3. The molecular weight excluding hydrogens is 741 g/mol. The smallest absolute Gasteiger partial charge is 1.00 e. The predicted octanol–water partition coefficient (Wildman–Crippen LogP) is 4.72. The molecule has 0 aromatic heterocycles. The van der Waals surface area contributed by atoms with Crippen LogP contribution in [0.1, 0.15) is 0 Å². The first kappa shape index (κ1) is 35.7. The summed E-state index contributed by atoms with van der Waals surface area (Å²) in [6.07, 6.45) is 5.37. The van der Waals surface area contributed by atoms with Gasteiger partial charge in [-0.25, -0.2) is 0 Å². The molecule has 4 aromatic rings. The van der Waals surface area contributed by atoms with Gasteiger partial charge in [-0.15, -0.1) is 0 Å². The summed E-state index contributed by atoms with van der Waals surface area (Å²) in [6, 6.07) is 43.8. The fourth-order valence-corrected chi connectivity index (χ4v) is 12.4. The Bertz CT molecular complexity index is 919. The first-order chi connectivity index (χ1) is 17.5. The van der Waals surface area contributed by atoms with Crippen LogP contribution < -0.4 is 33.6 Å². The summed E-state index contributed by atoms with van der Waals surface area (Å²) in [5.74, 6) is 0. The topological polar surface area (TPSA) is 0 Å². The summed E-state index contributed by atoms with van der Waals surface area (Å²) in [4.78, 5) is 0. The summed E-state index contributed by atoms with van der Waals surface area (Å²) in [5, 5.41) is 6.13. The van der Waals surface area contributed by atoms with Crippen LogP contribution in [0.4, 0.5) is 0 Å². The molecule has 0 fully saturated rings. The van der Waals surface area contributed by atoms with Gasteiger partial charge in [0.2, 0.25) is 0 Å². The molecule has 0 bridgehead atoms. The molecule has 4 atom stereocenters. The van der Waals surface area contributed by atoms with Crippen molar-refractivity contribution in [2.24, 2.45) is 0 Å². The Morgan fingerprint density at radius 1 is 0.342 bits per heavy atom. The van der Waals surface area contributed by atoms with Crippen molar-refractivity contribution in [3.63, 3.8) is 0 Å². The largest absolute Gasteiger partial charge is 1.00 e. The van der Waals surface area contributed by atoms with Crippen LogP contribution in [-0.4, -0.2) is 51.3 Å². The second-order valence-corrected chi connectivity index (χ2v) is 18.5. The minimum atomic E-state index is 0. The van der Waals surface area contributed by atoms with Crippen LogP contribution in [-0.2, 0) is 22.4 Å². The van der Waals surface area contributed by atoms with Gasteiger partial charge in [-0.3, -0.25) is 0 Å². The van der Waals surface area contributed by atoms with Gasteiger partial charge in [0.05, 0.1) is 0 Å². The van der Waals surface area contributed by atoms with Crippen LogP contribution in [0.2, 0.25) is 0 Å². The average molecular weight is 781 g/mol. The SMILES string of the molecule is CP(CCP(C)c1ccccc1)c1ccccc1.CP(CCP(C)c1ccccc1)c1ccccc1.[Au+].[Cl-]. The maximum atomic E-state index is 2.40. The van der Waals surface area contributed by atoms with E-state index in [1.165, 1.54) is 45.9 Å². The van der Waals surface area contributed by atoms with E-state index < -0.39 is 0 Å². The van der Waals surface area contributed by atoms with Gasteiger partial charge in [0.25, 0.3) is 0 Å². The fraction of sp³-hybridized carbons (Fsp3) is 0.250. The molecule has 0 heterocycles. The van der Waals surface area contributed by atoms with Gasteiger partial charge in [-0.1, -0.05) is 153 Å². The molecule has 0 amide bonds. The minimum absolute atomic E-state index is 0. The van der Waals surface area contributed by atoms with E-state index in [0.29, 0.717) is 0 Å². The Balaban J connectivity index is 0.000000361. The number of halogens is 1. The van der Waals surface area contributed by atoms with E-state index in [0.717, 1.165) is 0 Å². The van der Waals surface area contributed by atoms with Crippen LogP contribution in [0.5, 0.6) is 0 Å². The van der Waals surface area contributed by atoms with Crippen LogP contribution in [0.25, 0.3) is 0 Å². The van der Waals surface area contributed by atoms with E-state index in [2.05, 4.69) is 148 Å². The number of benzene rings is 4. The standard InChI is InChI=1S/2C16H20P2.Au.ClH/c2*1-17(15-9-5-3-6-10-15)13-14-18(2)16-11-7-4-8-12-16;;/h2*3-12H,13-14H2,1-2H3;;1H/q;;+1;/p-1. The van der Waals surface area contributed by atoms with Crippen molar-refractivity contribution in [2.45, 2.75) is 0 Å². The van der Waals surface area contributed by atoms with Crippen molar-refractivity contribution >= 4 is 52.9 Å². The molecule has 4 rings (SSSR count). The molecule has 0 radical (unpaired) electrons. The van der Waals surface area contributed by atoms with Crippen molar-refractivity contribution in [3.05, 3.63) is 121 Å². The van der Waals surface area contributed by atoms with E-state index in [-0.39, 0.29) is 66.5 Å². The predicted molar refractivity (Wildman–Crippen MR) is 175 cm³/mol. The Morgan fingerprint density at radius 3 is 0.658 bits per heavy atom. The van der Waals surface area contributed by atoms with Crippen LogP contribution in [0.15, 0.2) is 121 Å². The molecule has 0 aliphatic rings. The van der Waals surface area contributed by atoms with Crippen LogP contribution in [0, 0.1) is 0 Å². The zero-order chi connectivity index (χ0) is 25.6. The van der Waals surface area contributed by atoms with E-state index in [1.807, 2.05) is 0 Å². The van der Waals surface area contributed by atoms with E-state index in [4.69, 9.17) is 0 Å². The molecule has 6 heteroatoms. The summed E-state index contributed by atoms with van der Waals surface area (Å²) in [6.45, 7) is 9.61. The molecule has 0 saturated carbocycles. The zero-order valence-electron chi connectivity index (χ0n) is 22.8. The third-order valence-electron chi connectivity index (χ3n) is 6.33. The second-order valence-electron chi connectivity index (χ2n) is 9.03. The van der Waals surface area contributed by atoms with E-state index in [9.17, 15) is 0 Å². The Labute approximate surface area is 258 Å². The van der Waals surface area contributed by atoms with Gasteiger partial charge >= 0.3 is 22.4 Å². The van der Waals surface area contributed by atoms with Crippen LogP contribution >= 0.6 is 31.7 Å². The molecule has 0 spiro atoms. The summed E-state index contributed by atoms with van der Waals surface area (Å²) in [7, 11) is 0.0706. The maximum Gasteiger partial charge on any atom is 1.00 e. The quantitative estimate of drug-likeness (QED) is 0.162. The van der Waals surface area contributed by atoms with Gasteiger partial charge in [0.1, 0.15) is 0 Å². The summed E-state index contributed by atoms with van der Waals surface area (Å²) in [5.41, 5.74) is 0. The number of hydrogen-bond acceptors (Lipinski definition) is 0. The van der Waals surface area contributed by atoms with E-state index >= 15 is 0 Å². The molecule has 0 aliphatic heterocycles. The molecule has 38 heavy (non-hydrogen) atoms. The molecule has 0 N–H and O–H groups in total. The first-order valence-electron chi connectivity index (χ1n) is 12.6. The normalized spacial score (nSPS) is 13.4. The van der Waals surface area contributed by atoms with Crippen molar-refractivity contribution in [1.82, 2.24) is 0 Å². The summed E-state index contributed by atoms with van der Waals surface area (Å²) >= 11 is 0. The Morgan fingerprint density at radius 2 is 0.500 bits per heavy atom. The average Bonchev–Trinajstić information content (AvgIpc) is 2.96. The van der Waals surface area contributed by atoms with Gasteiger partial charge < -0.3 is 12.4 Å². The number of hydrogen-bond donors (Lipinski definition) is 0. The third-order valence-corrected chi connectivity index (χ3v) is 15.3. The van der Waals surface area contributed by atoms with Crippen molar-refractivity contribution in [2.75, 3.05) is 51.3 Å². The fourth-order valence-electron chi connectivity index (χ4n) is 3.85. The summed E-state index contributed by atoms with van der Waals surface area (Å²) < 4.78 is 0. The minimum Gasteiger partial charge on any atom is -1.00 e. The van der Waals surface area contributed by atoms with Crippen molar-refractivity contribution < 1.29 is 34.8 Å². The number of rotatable bonds is 10. The van der Waals surface area contributed by atoms with E-state index in [1.54, 1.807) is 0 Å². The molecule has 0 aliphatic carbocycles.